The van der Waals surface area contributed by atoms with Crippen LogP contribution in [0.15, 0.2) is 72.8 Å². The van der Waals surface area contributed by atoms with Crippen LogP contribution in [0.1, 0.15) is 47.7 Å². The number of likely N-dealkylation sites (tertiary alicyclic amines) is 1. The molecule has 2 heterocycles. The number of aryl methyl sites for hydroxylation is 1. The smallest absolute Gasteiger partial charge is 0.222 e. The summed E-state index contributed by atoms with van der Waals surface area (Å²) in [6.07, 6.45) is 4.26. The lowest BCUT2D eigenvalue weighted by Gasteiger charge is -2.32. The van der Waals surface area contributed by atoms with Gasteiger partial charge in [0.2, 0.25) is 5.91 Å². The molecule has 0 spiro atoms. The molecule has 0 N–H and O–H groups in total. The number of benzene rings is 2. The maximum Gasteiger partial charge on any atom is 0.222 e. The summed E-state index contributed by atoms with van der Waals surface area (Å²) in [5.74, 6) is 1.39. The molecule has 1 saturated heterocycles. The fourth-order valence-corrected chi connectivity index (χ4v) is 4.28. The van der Waals surface area contributed by atoms with E-state index in [1.54, 1.807) is 7.11 Å². The van der Waals surface area contributed by atoms with Crippen molar-refractivity contribution < 1.29 is 9.53 Å². The highest BCUT2D eigenvalue weighted by atomic mass is 16.5. The molecule has 160 valence electrons. The Kier molecular flexibility index (Phi) is 6.98. The number of hydrogen-bond acceptors (Lipinski definition) is 3. The zero-order chi connectivity index (χ0) is 21.5. The first kappa shape index (κ1) is 21.1. The van der Waals surface area contributed by atoms with E-state index in [-0.39, 0.29) is 5.91 Å². The molecule has 2 aromatic carbocycles. The van der Waals surface area contributed by atoms with Gasteiger partial charge in [0.1, 0.15) is 5.75 Å². The Bertz CT molecular complexity index is 986. The first-order chi connectivity index (χ1) is 15.2. The monoisotopic (exact) mass is 414 g/mol. The fraction of sp³-hybridized carbons (Fsp3) is 0.333. The number of carbonyl (C=O) groups excluding carboxylic acids is 1. The highest BCUT2D eigenvalue weighted by molar-refractivity contribution is 5.76. The van der Waals surface area contributed by atoms with Gasteiger partial charge in [-0.3, -0.25) is 9.78 Å². The van der Waals surface area contributed by atoms with Crippen LogP contribution in [0.2, 0.25) is 0 Å². The van der Waals surface area contributed by atoms with E-state index in [0.29, 0.717) is 12.3 Å². The average Bonchev–Trinajstić information content (AvgIpc) is 2.84. The molecule has 0 aliphatic carbocycles. The van der Waals surface area contributed by atoms with E-state index in [1.807, 2.05) is 35.2 Å². The molecule has 3 aromatic rings. The molecule has 1 fully saturated rings. The standard InChI is InChI=1S/C27H30N2O2/c1-31-25-15-12-21(13-16-25)14-17-27(30)29-18-6-9-23(20-29)26-11-5-10-24(28-26)19-22-7-3-2-4-8-22/h2-5,7-8,10-13,15-16,23H,6,9,14,17-20H2,1H3. The molecule has 4 heteroatoms. The second-order valence-corrected chi connectivity index (χ2v) is 8.24. The van der Waals surface area contributed by atoms with Crippen molar-refractivity contribution in [3.63, 3.8) is 0 Å². The van der Waals surface area contributed by atoms with Crippen molar-refractivity contribution in [2.24, 2.45) is 0 Å². The van der Waals surface area contributed by atoms with Crippen LogP contribution < -0.4 is 4.74 Å². The number of ether oxygens (including phenoxy) is 1. The summed E-state index contributed by atoms with van der Waals surface area (Å²) in [7, 11) is 1.66. The van der Waals surface area contributed by atoms with Crippen molar-refractivity contribution >= 4 is 5.91 Å². The van der Waals surface area contributed by atoms with E-state index in [1.165, 1.54) is 5.56 Å². The van der Waals surface area contributed by atoms with Crippen LogP contribution in [0, 0.1) is 0 Å². The number of amides is 1. The largest absolute Gasteiger partial charge is 0.497 e. The molecule has 4 rings (SSSR count). The van der Waals surface area contributed by atoms with Gasteiger partial charge in [-0.2, -0.15) is 0 Å². The predicted molar refractivity (Wildman–Crippen MR) is 123 cm³/mol. The highest BCUT2D eigenvalue weighted by Crippen LogP contribution is 2.27. The van der Waals surface area contributed by atoms with Gasteiger partial charge in [-0.15, -0.1) is 0 Å². The number of carbonyl (C=O) groups is 1. The number of rotatable bonds is 7. The van der Waals surface area contributed by atoms with Crippen molar-refractivity contribution in [2.45, 2.75) is 38.0 Å². The summed E-state index contributed by atoms with van der Waals surface area (Å²) in [6, 6.07) is 24.7. The number of hydrogen-bond donors (Lipinski definition) is 0. The maximum atomic E-state index is 12.9. The van der Waals surface area contributed by atoms with E-state index >= 15 is 0 Å². The fourth-order valence-electron chi connectivity index (χ4n) is 4.28. The van der Waals surface area contributed by atoms with Gasteiger partial charge in [-0.05, 0) is 54.7 Å². The maximum absolute atomic E-state index is 12.9. The van der Waals surface area contributed by atoms with E-state index in [9.17, 15) is 4.79 Å². The van der Waals surface area contributed by atoms with Gasteiger partial charge >= 0.3 is 0 Å². The normalized spacial score (nSPS) is 16.2. The zero-order valence-corrected chi connectivity index (χ0v) is 18.2. The summed E-state index contributed by atoms with van der Waals surface area (Å²) < 4.78 is 5.20. The van der Waals surface area contributed by atoms with Crippen LogP contribution >= 0.6 is 0 Å². The van der Waals surface area contributed by atoms with E-state index in [4.69, 9.17) is 9.72 Å². The lowest BCUT2D eigenvalue weighted by Crippen LogP contribution is -2.39. The second-order valence-electron chi connectivity index (χ2n) is 8.24. The first-order valence-corrected chi connectivity index (χ1v) is 11.1. The molecular weight excluding hydrogens is 384 g/mol. The third-order valence-electron chi connectivity index (χ3n) is 6.04. The van der Waals surface area contributed by atoms with Crippen LogP contribution in [0.5, 0.6) is 5.75 Å². The first-order valence-electron chi connectivity index (χ1n) is 11.1. The third kappa shape index (κ3) is 5.72. The van der Waals surface area contributed by atoms with Gasteiger partial charge in [0.25, 0.3) is 0 Å². The van der Waals surface area contributed by atoms with Gasteiger partial charge in [0, 0.05) is 43.2 Å². The van der Waals surface area contributed by atoms with Crippen molar-refractivity contribution in [1.82, 2.24) is 9.88 Å². The summed E-state index contributed by atoms with van der Waals surface area (Å²) in [5.41, 5.74) is 4.64. The van der Waals surface area contributed by atoms with Gasteiger partial charge in [0.15, 0.2) is 0 Å². The molecule has 1 aliphatic heterocycles. The quantitative estimate of drug-likeness (QED) is 0.545. The van der Waals surface area contributed by atoms with Crippen molar-refractivity contribution in [1.29, 1.82) is 0 Å². The molecule has 0 bridgehead atoms. The lowest BCUT2D eigenvalue weighted by molar-refractivity contribution is -0.132. The number of aromatic nitrogens is 1. The molecule has 0 saturated carbocycles. The summed E-state index contributed by atoms with van der Waals surface area (Å²) in [6.45, 7) is 1.62. The van der Waals surface area contributed by atoms with E-state index in [2.05, 4.69) is 42.5 Å². The zero-order valence-electron chi connectivity index (χ0n) is 18.2. The Labute approximate surface area is 184 Å². The SMILES string of the molecule is COc1ccc(CCC(=O)N2CCCC(c3cccc(Cc4ccccc4)n3)C2)cc1. The van der Waals surface area contributed by atoms with Crippen LogP contribution in [0.3, 0.4) is 0 Å². The minimum absolute atomic E-state index is 0.237. The number of methoxy groups -OCH3 is 1. The lowest BCUT2D eigenvalue weighted by atomic mass is 9.93. The molecule has 1 amide bonds. The van der Waals surface area contributed by atoms with Crippen LogP contribution in [0.4, 0.5) is 0 Å². The molecule has 4 nitrogen and oxygen atoms in total. The summed E-state index contributed by atoms with van der Waals surface area (Å²) in [4.78, 5) is 19.8. The molecule has 1 aromatic heterocycles. The van der Waals surface area contributed by atoms with Crippen molar-refractivity contribution in [2.75, 3.05) is 20.2 Å². The average molecular weight is 415 g/mol. The summed E-state index contributed by atoms with van der Waals surface area (Å²) in [5, 5.41) is 0. The molecule has 1 aliphatic rings. The Balaban J connectivity index is 1.35. The molecule has 1 unspecified atom stereocenters. The van der Waals surface area contributed by atoms with Crippen LogP contribution in [-0.2, 0) is 17.6 Å². The van der Waals surface area contributed by atoms with Crippen LogP contribution in [-0.4, -0.2) is 36.0 Å². The van der Waals surface area contributed by atoms with E-state index in [0.717, 1.165) is 61.5 Å². The molecule has 0 radical (unpaired) electrons. The second kappa shape index (κ2) is 10.3. The molecular formula is C27H30N2O2. The van der Waals surface area contributed by atoms with E-state index < -0.39 is 0 Å². The van der Waals surface area contributed by atoms with Gasteiger partial charge in [-0.25, -0.2) is 0 Å². The molecule has 31 heavy (non-hydrogen) atoms. The number of pyridine rings is 1. The minimum Gasteiger partial charge on any atom is -0.497 e. The van der Waals surface area contributed by atoms with Gasteiger partial charge < -0.3 is 9.64 Å². The highest BCUT2D eigenvalue weighted by Gasteiger charge is 2.25. The minimum atomic E-state index is 0.237. The number of nitrogens with zero attached hydrogens (tertiary/aromatic N) is 2. The van der Waals surface area contributed by atoms with Gasteiger partial charge in [-0.1, -0.05) is 48.5 Å². The van der Waals surface area contributed by atoms with Crippen LogP contribution in [0.25, 0.3) is 0 Å². The Morgan fingerprint density at radius 3 is 2.58 bits per heavy atom. The molecule has 1 atom stereocenters. The van der Waals surface area contributed by atoms with Crippen molar-refractivity contribution in [3.8, 4) is 5.75 Å². The number of piperidine rings is 1. The predicted octanol–water partition coefficient (Wildman–Crippen LogP) is 5.02. The summed E-state index contributed by atoms with van der Waals surface area (Å²) >= 11 is 0. The topological polar surface area (TPSA) is 42.4 Å². The Morgan fingerprint density at radius 1 is 1.00 bits per heavy atom. The Morgan fingerprint density at radius 2 is 1.81 bits per heavy atom. The van der Waals surface area contributed by atoms with Crippen molar-refractivity contribution in [3.05, 3.63) is 95.3 Å². The third-order valence-corrected chi connectivity index (χ3v) is 6.04. The van der Waals surface area contributed by atoms with Gasteiger partial charge in [0.05, 0.1) is 7.11 Å². The Hall–Kier alpha value is -3.14.